The van der Waals surface area contributed by atoms with Gasteiger partial charge < -0.3 is 5.32 Å². The van der Waals surface area contributed by atoms with Crippen molar-refractivity contribution in [2.45, 2.75) is 13.0 Å². The summed E-state index contributed by atoms with van der Waals surface area (Å²) in [6.45, 7) is 1.93. The molecule has 2 heterocycles. The standard InChI is InChI=1S/C6H10N4/c1-10-6-2-3-7-4-5(6)8-9-10/h7H,2-4H2,1H3. The Morgan fingerprint density at radius 2 is 2.50 bits per heavy atom. The van der Waals surface area contributed by atoms with Gasteiger partial charge in [0.05, 0.1) is 11.4 Å². The van der Waals surface area contributed by atoms with E-state index in [2.05, 4.69) is 15.6 Å². The zero-order chi connectivity index (χ0) is 6.97. The summed E-state index contributed by atoms with van der Waals surface area (Å²) in [5.41, 5.74) is 2.38. The Kier molecular flexibility index (Phi) is 1.20. The molecule has 10 heavy (non-hydrogen) atoms. The Morgan fingerprint density at radius 3 is 3.30 bits per heavy atom. The fourth-order valence-corrected chi connectivity index (χ4v) is 1.28. The van der Waals surface area contributed by atoms with E-state index in [9.17, 15) is 0 Å². The quantitative estimate of drug-likeness (QED) is 0.523. The number of hydrogen-bond donors (Lipinski definition) is 1. The van der Waals surface area contributed by atoms with Crippen molar-refractivity contribution in [1.82, 2.24) is 20.3 Å². The number of nitrogens with zero attached hydrogens (tertiary/aromatic N) is 3. The molecule has 0 atom stereocenters. The Morgan fingerprint density at radius 1 is 1.60 bits per heavy atom. The maximum Gasteiger partial charge on any atom is 0.0997 e. The topological polar surface area (TPSA) is 42.7 Å². The molecule has 54 valence electrons. The molecule has 0 amide bonds. The van der Waals surface area contributed by atoms with E-state index in [-0.39, 0.29) is 0 Å². The van der Waals surface area contributed by atoms with Crippen LogP contribution in [0.25, 0.3) is 0 Å². The lowest BCUT2D eigenvalue weighted by Gasteiger charge is -2.10. The summed E-state index contributed by atoms with van der Waals surface area (Å²) in [6, 6.07) is 0. The molecule has 1 aliphatic heterocycles. The van der Waals surface area contributed by atoms with Gasteiger partial charge in [0, 0.05) is 26.6 Å². The van der Waals surface area contributed by atoms with E-state index >= 15 is 0 Å². The summed E-state index contributed by atoms with van der Waals surface area (Å²) in [7, 11) is 1.94. The molecule has 1 aromatic heterocycles. The number of nitrogens with one attached hydrogen (secondary N) is 1. The molecule has 0 aliphatic carbocycles. The van der Waals surface area contributed by atoms with Crippen LogP contribution in [0.15, 0.2) is 0 Å². The summed E-state index contributed by atoms with van der Waals surface area (Å²) >= 11 is 0. The van der Waals surface area contributed by atoms with E-state index in [1.54, 1.807) is 0 Å². The third-order valence-corrected chi connectivity index (χ3v) is 1.85. The van der Waals surface area contributed by atoms with Crippen molar-refractivity contribution < 1.29 is 0 Å². The van der Waals surface area contributed by atoms with Crippen LogP contribution in [0, 0.1) is 0 Å². The first-order valence-electron chi connectivity index (χ1n) is 3.46. The van der Waals surface area contributed by atoms with Crippen LogP contribution < -0.4 is 5.32 Å². The molecule has 0 unspecified atom stereocenters. The van der Waals surface area contributed by atoms with E-state index < -0.39 is 0 Å². The van der Waals surface area contributed by atoms with Crippen LogP contribution in [0.5, 0.6) is 0 Å². The Hall–Kier alpha value is -0.900. The molecule has 0 saturated carbocycles. The minimum atomic E-state index is 0.878. The second kappa shape index (κ2) is 2.05. The van der Waals surface area contributed by atoms with Gasteiger partial charge in [-0.3, -0.25) is 4.68 Å². The van der Waals surface area contributed by atoms with Crippen molar-refractivity contribution in [1.29, 1.82) is 0 Å². The van der Waals surface area contributed by atoms with E-state index in [1.807, 2.05) is 11.7 Å². The number of aryl methyl sites for hydroxylation is 1. The van der Waals surface area contributed by atoms with Gasteiger partial charge in [0.2, 0.25) is 0 Å². The summed E-state index contributed by atoms with van der Waals surface area (Å²) < 4.78 is 1.86. The van der Waals surface area contributed by atoms with Crippen LogP contribution in [-0.4, -0.2) is 21.5 Å². The van der Waals surface area contributed by atoms with Crippen LogP contribution in [0.4, 0.5) is 0 Å². The third kappa shape index (κ3) is 0.724. The van der Waals surface area contributed by atoms with Gasteiger partial charge in [-0.25, -0.2) is 0 Å². The maximum atomic E-state index is 4.01. The molecule has 0 spiro atoms. The van der Waals surface area contributed by atoms with Gasteiger partial charge in [-0.15, -0.1) is 5.10 Å². The highest BCUT2D eigenvalue weighted by molar-refractivity contribution is 5.12. The normalized spacial score (nSPS) is 16.9. The lowest BCUT2D eigenvalue weighted by Crippen LogP contribution is -2.24. The minimum absolute atomic E-state index is 0.878. The van der Waals surface area contributed by atoms with Crippen molar-refractivity contribution in [2.75, 3.05) is 6.54 Å². The highest BCUT2D eigenvalue weighted by Gasteiger charge is 2.13. The summed E-state index contributed by atoms with van der Waals surface area (Å²) in [6.07, 6.45) is 1.05. The molecule has 4 heteroatoms. The average molecular weight is 138 g/mol. The fourth-order valence-electron chi connectivity index (χ4n) is 1.28. The number of aromatic nitrogens is 3. The van der Waals surface area contributed by atoms with E-state index in [0.717, 1.165) is 25.2 Å². The predicted molar refractivity (Wildman–Crippen MR) is 36.4 cm³/mol. The van der Waals surface area contributed by atoms with Crippen LogP contribution >= 0.6 is 0 Å². The van der Waals surface area contributed by atoms with Crippen molar-refractivity contribution >= 4 is 0 Å². The number of rotatable bonds is 0. The van der Waals surface area contributed by atoms with Crippen LogP contribution in [-0.2, 0) is 20.0 Å². The molecular weight excluding hydrogens is 128 g/mol. The zero-order valence-corrected chi connectivity index (χ0v) is 5.96. The SMILES string of the molecule is Cn1nnc2c1CCNC2. The molecule has 1 aliphatic rings. The molecule has 2 rings (SSSR count). The highest BCUT2D eigenvalue weighted by atomic mass is 15.4. The van der Waals surface area contributed by atoms with Gasteiger partial charge in [-0.1, -0.05) is 5.21 Å². The Bertz CT molecular complexity index is 240. The fraction of sp³-hybridized carbons (Fsp3) is 0.667. The monoisotopic (exact) mass is 138 g/mol. The zero-order valence-electron chi connectivity index (χ0n) is 5.96. The average Bonchev–Trinajstić information content (AvgIpc) is 2.34. The summed E-state index contributed by atoms with van der Waals surface area (Å²) in [4.78, 5) is 0. The Labute approximate surface area is 59.2 Å². The van der Waals surface area contributed by atoms with E-state index in [1.165, 1.54) is 5.69 Å². The van der Waals surface area contributed by atoms with Crippen LogP contribution in [0.3, 0.4) is 0 Å². The van der Waals surface area contributed by atoms with Gasteiger partial charge >= 0.3 is 0 Å². The second-order valence-electron chi connectivity index (χ2n) is 2.53. The first kappa shape index (κ1) is 5.85. The molecule has 1 N–H and O–H groups in total. The molecular formula is C6H10N4. The molecule has 4 nitrogen and oxygen atoms in total. The van der Waals surface area contributed by atoms with Gasteiger partial charge in [0.15, 0.2) is 0 Å². The largest absolute Gasteiger partial charge is 0.311 e. The van der Waals surface area contributed by atoms with E-state index in [0.29, 0.717) is 0 Å². The van der Waals surface area contributed by atoms with Gasteiger partial charge in [-0.2, -0.15) is 0 Å². The van der Waals surface area contributed by atoms with E-state index in [4.69, 9.17) is 0 Å². The molecule has 0 radical (unpaired) electrons. The van der Waals surface area contributed by atoms with Crippen molar-refractivity contribution in [3.63, 3.8) is 0 Å². The van der Waals surface area contributed by atoms with Gasteiger partial charge in [0.25, 0.3) is 0 Å². The van der Waals surface area contributed by atoms with Crippen molar-refractivity contribution in [3.8, 4) is 0 Å². The molecule has 0 saturated heterocycles. The predicted octanol–water partition coefficient (Wildman–Crippen LogP) is -0.539. The van der Waals surface area contributed by atoms with Crippen molar-refractivity contribution in [3.05, 3.63) is 11.4 Å². The maximum absolute atomic E-state index is 4.01. The molecule has 1 aromatic rings. The smallest absolute Gasteiger partial charge is 0.0997 e. The third-order valence-electron chi connectivity index (χ3n) is 1.85. The lowest BCUT2D eigenvalue weighted by atomic mass is 10.2. The van der Waals surface area contributed by atoms with Crippen LogP contribution in [0.2, 0.25) is 0 Å². The summed E-state index contributed by atoms with van der Waals surface area (Å²) in [5, 5.41) is 11.2. The first-order chi connectivity index (χ1) is 4.88. The Balaban J connectivity index is 2.45. The highest BCUT2D eigenvalue weighted by Crippen LogP contribution is 2.07. The molecule has 0 fully saturated rings. The molecule has 0 bridgehead atoms. The first-order valence-corrected chi connectivity index (χ1v) is 3.46. The summed E-state index contributed by atoms with van der Waals surface area (Å²) in [5.74, 6) is 0. The minimum Gasteiger partial charge on any atom is -0.311 e. The van der Waals surface area contributed by atoms with Crippen molar-refractivity contribution in [2.24, 2.45) is 7.05 Å². The van der Waals surface area contributed by atoms with Crippen LogP contribution in [0.1, 0.15) is 11.4 Å². The second-order valence-corrected chi connectivity index (χ2v) is 2.53. The number of fused-ring (bicyclic) bond motifs is 1. The van der Waals surface area contributed by atoms with Gasteiger partial charge in [-0.05, 0) is 0 Å². The number of hydrogen-bond acceptors (Lipinski definition) is 3. The molecule has 0 aromatic carbocycles. The lowest BCUT2D eigenvalue weighted by molar-refractivity contribution is 0.604. The van der Waals surface area contributed by atoms with Gasteiger partial charge in [0.1, 0.15) is 0 Å².